The van der Waals surface area contributed by atoms with Crippen LogP contribution in [0.4, 0.5) is 0 Å². The lowest BCUT2D eigenvalue weighted by Gasteiger charge is -2.32. The number of piperidine rings is 1. The minimum atomic E-state index is -1.58. The Morgan fingerprint density at radius 3 is 1.83 bits per heavy atom. The zero-order chi connectivity index (χ0) is 16.1. The summed E-state index contributed by atoms with van der Waals surface area (Å²) in [5, 5.41) is 11.4. The van der Waals surface area contributed by atoms with E-state index in [1.807, 2.05) is 60.7 Å². The number of carbonyl (C=O) groups is 1. The molecule has 1 heterocycles. The first-order valence-electron chi connectivity index (χ1n) is 8.30. The number of Topliss-reactive ketones (excluding diaryl/α,β-unsaturated/α-hetero) is 1. The number of likely N-dealkylation sites (tertiary alicyclic amines) is 1. The fraction of sp³-hybridized carbons (Fsp3) is 0.350. The molecular formula is C20H23NO2. The monoisotopic (exact) mass is 309 g/mol. The number of benzene rings is 2. The minimum absolute atomic E-state index is 0.156. The van der Waals surface area contributed by atoms with Crippen LogP contribution < -0.4 is 0 Å². The van der Waals surface area contributed by atoms with Gasteiger partial charge in [0, 0.05) is 0 Å². The topological polar surface area (TPSA) is 40.5 Å². The number of carbonyl (C=O) groups excluding carboxylic acids is 1. The molecule has 23 heavy (non-hydrogen) atoms. The van der Waals surface area contributed by atoms with Gasteiger partial charge in [-0.2, -0.15) is 0 Å². The molecule has 0 aromatic heterocycles. The van der Waals surface area contributed by atoms with E-state index in [9.17, 15) is 9.90 Å². The van der Waals surface area contributed by atoms with E-state index in [0.717, 1.165) is 25.9 Å². The van der Waals surface area contributed by atoms with Crippen molar-refractivity contribution in [1.29, 1.82) is 0 Å². The molecule has 2 aromatic carbocycles. The second kappa shape index (κ2) is 7.07. The van der Waals surface area contributed by atoms with Crippen LogP contribution in [0.25, 0.3) is 0 Å². The predicted octanol–water partition coefficient (Wildman–Crippen LogP) is 2.98. The summed E-state index contributed by atoms with van der Waals surface area (Å²) >= 11 is 0. The molecule has 1 aliphatic rings. The van der Waals surface area contributed by atoms with Gasteiger partial charge < -0.3 is 5.11 Å². The minimum Gasteiger partial charge on any atom is -0.373 e. The van der Waals surface area contributed by atoms with Crippen LogP contribution in [0.2, 0.25) is 0 Å². The molecule has 0 aliphatic carbocycles. The van der Waals surface area contributed by atoms with E-state index in [-0.39, 0.29) is 5.78 Å². The Labute approximate surface area is 137 Å². The molecule has 0 unspecified atom stereocenters. The van der Waals surface area contributed by atoms with Gasteiger partial charge in [-0.25, -0.2) is 0 Å². The molecule has 0 radical (unpaired) electrons. The smallest absolute Gasteiger partial charge is 0.187 e. The van der Waals surface area contributed by atoms with Gasteiger partial charge in [0.1, 0.15) is 0 Å². The Bertz CT molecular complexity index is 594. The summed E-state index contributed by atoms with van der Waals surface area (Å²) in [6.45, 7) is 2.16. The highest BCUT2D eigenvalue weighted by molar-refractivity contribution is 5.93. The number of aliphatic hydroxyl groups is 1. The summed E-state index contributed by atoms with van der Waals surface area (Å²) in [4.78, 5) is 15.2. The van der Waals surface area contributed by atoms with Crippen LogP contribution in [-0.4, -0.2) is 35.4 Å². The average molecular weight is 309 g/mol. The molecule has 2 aromatic rings. The van der Waals surface area contributed by atoms with E-state index in [2.05, 4.69) is 4.90 Å². The summed E-state index contributed by atoms with van der Waals surface area (Å²) in [6.07, 6.45) is 3.48. The van der Waals surface area contributed by atoms with E-state index in [0.29, 0.717) is 17.7 Å². The standard InChI is InChI=1S/C20H23NO2/c22-19(16-21-14-8-3-9-15-21)20(23,17-10-4-1-5-11-17)18-12-6-2-7-13-18/h1-2,4-7,10-13,23H,3,8-9,14-16H2. The number of hydrogen-bond acceptors (Lipinski definition) is 3. The van der Waals surface area contributed by atoms with Crippen LogP contribution in [-0.2, 0) is 10.4 Å². The van der Waals surface area contributed by atoms with Crippen LogP contribution in [0, 0.1) is 0 Å². The molecule has 1 aliphatic heterocycles. The molecule has 0 atom stereocenters. The molecule has 3 nitrogen and oxygen atoms in total. The van der Waals surface area contributed by atoms with E-state index < -0.39 is 5.60 Å². The van der Waals surface area contributed by atoms with Crippen molar-refractivity contribution in [1.82, 2.24) is 4.90 Å². The molecule has 0 saturated carbocycles. The number of rotatable bonds is 5. The number of ketones is 1. The van der Waals surface area contributed by atoms with Crippen molar-refractivity contribution in [2.45, 2.75) is 24.9 Å². The predicted molar refractivity (Wildman–Crippen MR) is 91.2 cm³/mol. The van der Waals surface area contributed by atoms with Gasteiger partial charge in [-0.05, 0) is 37.1 Å². The van der Waals surface area contributed by atoms with Crippen molar-refractivity contribution in [2.24, 2.45) is 0 Å². The Hall–Kier alpha value is -1.97. The summed E-state index contributed by atoms with van der Waals surface area (Å²) in [5.74, 6) is -0.156. The molecule has 3 heteroatoms. The van der Waals surface area contributed by atoms with Crippen molar-refractivity contribution in [3.8, 4) is 0 Å². The highest BCUT2D eigenvalue weighted by atomic mass is 16.3. The molecule has 1 saturated heterocycles. The van der Waals surface area contributed by atoms with Gasteiger partial charge in [0.25, 0.3) is 0 Å². The van der Waals surface area contributed by atoms with Crippen LogP contribution in [0.3, 0.4) is 0 Å². The van der Waals surface area contributed by atoms with E-state index >= 15 is 0 Å². The lowest BCUT2D eigenvalue weighted by Crippen LogP contribution is -2.45. The van der Waals surface area contributed by atoms with Crippen molar-refractivity contribution in [3.05, 3.63) is 71.8 Å². The highest BCUT2D eigenvalue weighted by Crippen LogP contribution is 2.31. The van der Waals surface area contributed by atoms with E-state index in [1.54, 1.807) is 0 Å². The maximum Gasteiger partial charge on any atom is 0.187 e. The average Bonchev–Trinajstić information content (AvgIpc) is 2.63. The Balaban J connectivity index is 1.93. The van der Waals surface area contributed by atoms with Gasteiger partial charge >= 0.3 is 0 Å². The third kappa shape index (κ3) is 3.36. The zero-order valence-corrected chi connectivity index (χ0v) is 13.3. The van der Waals surface area contributed by atoms with Crippen molar-refractivity contribution >= 4 is 5.78 Å². The fourth-order valence-electron chi connectivity index (χ4n) is 3.28. The summed E-state index contributed by atoms with van der Waals surface area (Å²) in [5.41, 5.74) is -0.318. The highest BCUT2D eigenvalue weighted by Gasteiger charge is 2.39. The van der Waals surface area contributed by atoms with Crippen LogP contribution in [0.5, 0.6) is 0 Å². The van der Waals surface area contributed by atoms with Gasteiger partial charge in [0.05, 0.1) is 6.54 Å². The summed E-state index contributed by atoms with van der Waals surface area (Å²) in [7, 11) is 0. The lowest BCUT2D eigenvalue weighted by molar-refractivity contribution is -0.135. The number of nitrogens with zero attached hydrogens (tertiary/aromatic N) is 1. The molecular weight excluding hydrogens is 286 g/mol. The SMILES string of the molecule is O=C(CN1CCCCC1)C(O)(c1ccccc1)c1ccccc1. The second-order valence-corrected chi connectivity index (χ2v) is 6.20. The normalized spacial score (nSPS) is 16.2. The second-order valence-electron chi connectivity index (χ2n) is 6.20. The fourth-order valence-corrected chi connectivity index (χ4v) is 3.28. The zero-order valence-electron chi connectivity index (χ0n) is 13.3. The molecule has 3 rings (SSSR count). The Morgan fingerprint density at radius 1 is 0.870 bits per heavy atom. The quantitative estimate of drug-likeness (QED) is 0.923. The van der Waals surface area contributed by atoms with Gasteiger partial charge in [-0.3, -0.25) is 9.69 Å². The lowest BCUT2D eigenvalue weighted by atomic mass is 9.82. The van der Waals surface area contributed by atoms with Gasteiger partial charge in [-0.15, -0.1) is 0 Å². The van der Waals surface area contributed by atoms with Crippen LogP contribution in [0.15, 0.2) is 60.7 Å². The maximum absolute atomic E-state index is 13.0. The largest absolute Gasteiger partial charge is 0.373 e. The first-order chi connectivity index (χ1) is 11.2. The molecule has 120 valence electrons. The van der Waals surface area contributed by atoms with E-state index in [4.69, 9.17) is 0 Å². The van der Waals surface area contributed by atoms with Crippen molar-refractivity contribution < 1.29 is 9.90 Å². The summed E-state index contributed by atoms with van der Waals surface area (Å²) < 4.78 is 0. The number of hydrogen-bond donors (Lipinski definition) is 1. The van der Waals surface area contributed by atoms with E-state index in [1.165, 1.54) is 6.42 Å². The van der Waals surface area contributed by atoms with Crippen LogP contribution >= 0.6 is 0 Å². The van der Waals surface area contributed by atoms with Crippen molar-refractivity contribution in [2.75, 3.05) is 19.6 Å². The first kappa shape index (κ1) is 15.9. The third-order valence-corrected chi connectivity index (χ3v) is 4.60. The first-order valence-corrected chi connectivity index (χ1v) is 8.30. The van der Waals surface area contributed by atoms with Crippen LogP contribution in [0.1, 0.15) is 30.4 Å². The molecule has 1 N–H and O–H groups in total. The summed E-state index contributed by atoms with van der Waals surface area (Å²) in [6, 6.07) is 18.5. The third-order valence-electron chi connectivity index (χ3n) is 4.60. The molecule has 0 spiro atoms. The Morgan fingerprint density at radius 2 is 1.35 bits per heavy atom. The molecule has 0 bridgehead atoms. The maximum atomic E-state index is 13.0. The van der Waals surface area contributed by atoms with Gasteiger partial charge in [0.2, 0.25) is 0 Å². The molecule has 0 amide bonds. The molecule has 1 fully saturated rings. The van der Waals surface area contributed by atoms with Gasteiger partial charge in [-0.1, -0.05) is 67.1 Å². The Kier molecular flexibility index (Phi) is 4.89. The van der Waals surface area contributed by atoms with Gasteiger partial charge in [0.15, 0.2) is 11.4 Å². The van der Waals surface area contributed by atoms with Crippen molar-refractivity contribution in [3.63, 3.8) is 0 Å².